The van der Waals surface area contributed by atoms with Crippen LogP contribution in [0.5, 0.6) is 0 Å². The molecule has 3 saturated carbocycles. The number of esters is 3. The van der Waals surface area contributed by atoms with E-state index in [0.717, 1.165) is 38.7 Å². The molecule has 21 nitrogen and oxygen atoms in total. The number of carbonyl (C=O) groups excluding carboxylic acids is 4. The number of ether oxygens (including phenoxy) is 11. The minimum absolute atomic E-state index is 0.00706. The van der Waals surface area contributed by atoms with Crippen LogP contribution in [0.1, 0.15) is 93.9 Å². The van der Waals surface area contributed by atoms with Crippen LogP contribution in [-0.2, 0) is 71.3 Å². The maximum absolute atomic E-state index is 12.5. The number of rotatable bonds is 9. The third-order valence-electron chi connectivity index (χ3n) is 17.9. The molecule has 398 valence electrons. The van der Waals surface area contributed by atoms with E-state index < -0.39 is 139 Å². The largest absolute Gasteiger partial charge is 0.456 e. The SMILES string of the molecule is C=C1CO[C@@]2(O[C@H]3C[C@H]4[C@@H]5CC=C6C[C@@H](O)C[C@@H](O[C@@H]7OC[C@H](O)[C@H](O)[C@H]7O[C@@H]7O[C@@H](C)[C@H](OC(C)=O)[C@@H](OC(C)=O)[C@H]7OC(C)=O)[C@]6(C)[C@H]5CC[C@]4(C)[C@H]3[C@@H]2C)[C@@H](O)[C@H]1O[C@@H]1O[C@H](C)C(=O)[C@H](O)[C@H]1O. The number of Topliss-reactive ketones (excluding diaryl/α,β-unsaturated/α-hetero) is 1. The van der Waals surface area contributed by atoms with E-state index in [1.54, 1.807) is 6.92 Å². The molecule has 9 aliphatic rings. The minimum atomic E-state index is -1.72. The van der Waals surface area contributed by atoms with E-state index >= 15 is 0 Å². The molecule has 0 amide bonds. The van der Waals surface area contributed by atoms with Gasteiger partial charge in [-0.15, -0.1) is 0 Å². The number of aliphatic hydroxyl groups is 6. The van der Waals surface area contributed by atoms with Crippen molar-refractivity contribution in [2.75, 3.05) is 13.2 Å². The molecule has 8 fully saturated rings. The van der Waals surface area contributed by atoms with Crippen LogP contribution in [-0.4, -0.2) is 184 Å². The number of hydrogen-bond donors (Lipinski definition) is 6. The Balaban J connectivity index is 0.946. The van der Waals surface area contributed by atoms with Crippen LogP contribution in [0.15, 0.2) is 23.8 Å². The molecule has 0 bridgehead atoms. The number of fused-ring (bicyclic) bond motifs is 7. The topological polar surface area (TPSA) is 291 Å². The molecule has 71 heavy (non-hydrogen) atoms. The van der Waals surface area contributed by atoms with Gasteiger partial charge in [-0.25, -0.2) is 0 Å². The van der Waals surface area contributed by atoms with E-state index in [9.17, 15) is 49.8 Å². The van der Waals surface area contributed by atoms with Crippen molar-refractivity contribution in [3.05, 3.63) is 23.8 Å². The van der Waals surface area contributed by atoms with Crippen LogP contribution in [0.2, 0.25) is 0 Å². The third-order valence-corrected chi connectivity index (χ3v) is 17.9. The van der Waals surface area contributed by atoms with Gasteiger partial charge in [0.05, 0.1) is 37.6 Å². The van der Waals surface area contributed by atoms with Crippen LogP contribution in [0.25, 0.3) is 0 Å². The number of aliphatic hydroxyl groups excluding tert-OH is 6. The Kier molecular flexibility index (Phi) is 14.6. The molecule has 9 rings (SSSR count). The molecular formula is C50H72O21. The van der Waals surface area contributed by atoms with E-state index in [1.807, 2.05) is 6.92 Å². The number of hydrogen-bond acceptors (Lipinski definition) is 21. The zero-order chi connectivity index (χ0) is 51.4. The van der Waals surface area contributed by atoms with Gasteiger partial charge in [-0.1, -0.05) is 39.0 Å². The first-order valence-corrected chi connectivity index (χ1v) is 25.1. The maximum Gasteiger partial charge on any atom is 0.303 e. The highest BCUT2D eigenvalue weighted by molar-refractivity contribution is 5.88. The lowest BCUT2D eigenvalue weighted by atomic mass is 9.46. The van der Waals surface area contributed by atoms with Crippen LogP contribution < -0.4 is 0 Å². The molecule has 0 aromatic rings. The third kappa shape index (κ3) is 8.93. The number of carbonyl (C=O) groups is 4. The maximum atomic E-state index is 12.5. The fourth-order valence-electron chi connectivity index (χ4n) is 14.6. The van der Waals surface area contributed by atoms with E-state index in [2.05, 4.69) is 26.5 Å². The smallest absolute Gasteiger partial charge is 0.303 e. The molecule has 0 aromatic carbocycles. The van der Waals surface area contributed by atoms with Gasteiger partial charge in [0.1, 0.15) is 48.8 Å². The summed E-state index contributed by atoms with van der Waals surface area (Å²) in [7, 11) is 0. The quantitative estimate of drug-likeness (QED) is 0.105. The first kappa shape index (κ1) is 52.8. The summed E-state index contributed by atoms with van der Waals surface area (Å²) in [6.07, 6.45) is -16.8. The summed E-state index contributed by atoms with van der Waals surface area (Å²) in [6, 6.07) is 0. The highest BCUT2D eigenvalue weighted by Gasteiger charge is 2.72. The van der Waals surface area contributed by atoms with Gasteiger partial charge in [0.2, 0.25) is 5.79 Å². The summed E-state index contributed by atoms with van der Waals surface area (Å²) >= 11 is 0. The second-order valence-electron chi connectivity index (χ2n) is 22.0. The van der Waals surface area contributed by atoms with Crippen molar-refractivity contribution in [2.24, 2.45) is 40.4 Å². The van der Waals surface area contributed by atoms with Crippen molar-refractivity contribution in [1.29, 1.82) is 0 Å². The minimum Gasteiger partial charge on any atom is -0.456 e. The summed E-state index contributed by atoms with van der Waals surface area (Å²) < 4.78 is 67.4. The van der Waals surface area contributed by atoms with E-state index in [0.29, 0.717) is 18.4 Å². The monoisotopic (exact) mass is 1010 g/mol. The normalized spacial score (nSPS) is 51.6. The first-order valence-electron chi connectivity index (χ1n) is 25.1. The number of ketones is 1. The molecule has 5 heterocycles. The molecule has 5 saturated heterocycles. The lowest BCUT2D eigenvalue weighted by Gasteiger charge is -2.60. The molecule has 1 spiro atoms. The van der Waals surface area contributed by atoms with Gasteiger partial charge in [-0.2, -0.15) is 0 Å². The lowest BCUT2D eigenvalue weighted by molar-refractivity contribution is -0.363. The van der Waals surface area contributed by atoms with Gasteiger partial charge < -0.3 is 82.7 Å². The van der Waals surface area contributed by atoms with Crippen molar-refractivity contribution in [1.82, 2.24) is 0 Å². The predicted octanol–water partition coefficient (Wildman–Crippen LogP) is 0.634. The second kappa shape index (κ2) is 19.6. The van der Waals surface area contributed by atoms with Crippen LogP contribution >= 0.6 is 0 Å². The van der Waals surface area contributed by atoms with Gasteiger partial charge >= 0.3 is 17.9 Å². The fraction of sp³-hybridized carbons (Fsp3) is 0.840. The molecule has 26 atom stereocenters. The Morgan fingerprint density at radius 2 is 1.46 bits per heavy atom. The molecule has 6 N–H and O–H groups in total. The fourth-order valence-corrected chi connectivity index (χ4v) is 14.6. The second-order valence-corrected chi connectivity index (χ2v) is 22.0. The lowest BCUT2D eigenvalue weighted by Crippen LogP contribution is -2.65. The molecule has 0 unspecified atom stereocenters. The van der Waals surface area contributed by atoms with Crippen LogP contribution in [0.3, 0.4) is 0 Å². The van der Waals surface area contributed by atoms with Crippen LogP contribution in [0.4, 0.5) is 0 Å². The first-order chi connectivity index (χ1) is 33.4. The Hall–Kier alpha value is -3.00. The van der Waals surface area contributed by atoms with Crippen molar-refractivity contribution in [3.8, 4) is 0 Å². The highest BCUT2D eigenvalue weighted by atomic mass is 16.8. The summed E-state index contributed by atoms with van der Waals surface area (Å²) in [5, 5.41) is 67.3. The molecule has 5 aliphatic heterocycles. The zero-order valence-electron chi connectivity index (χ0n) is 41.5. The molecule has 0 aromatic heterocycles. The highest BCUT2D eigenvalue weighted by Crippen LogP contribution is 2.71. The Morgan fingerprint density at radius 3 is 2.15 bits per heavy atom. The molecule has 0 radical (unpaired) electrons. The average Bonchev–Trinajstić information content (AvgIpc) is 3.76. The van der Waals surface area contributed by atoms with Gasteiger partial charge in [-0.05, 0) is 80.6 Å². The summed E-state index contributed by atoms with van der Waals surface area (Å²) in [5.41, 5.74) is 0.518. The van der Waals surface area contributed by atoms with E-state index in [4.69, 9.17) is 52.1 Å². The van der Waals surface area contributed by atoms with E-state index in [1.165, 1.54) is 13.8 Å². The Labute approximate surface area is 412 Å². The van der Waals surface area contributed by atoms with Crippen molar-refractivity contribution in [3.63, 3.8) is 0 Å². The van der Waals surface area contributed by atoms with Gasteiger partial charge in [0.15, 0.2) is 43.0 Å². The van der Waals surface area contributed by atoms with Crippen molar-refractivity contribution >= 4 is 23.7 Å². The van der Waals surface area contributed by atoms with Gasteiger partial charge in [-0.3, -0.25) is 19.2 Å². The van der Waals surface area contributed by atoms with Crippen molar-refractivity contribution < 1.29 is 102 Å². The molecule has 21 heteroatoms. The molecule has 4 aliphatic carbocycles. The molecular weight excluding hydrogens is 937 g/mol. The van der Waals surface area contributed by atoms with Crippen LogP contribution in [0, 0.1) is 40.4 Å². The van der Waals surface area contributed by atoms with Gasteiger partial charge in [0.25, 0.3) is 0 Å². The summed E-state index contributed by atoms with van der Waals surface area (Å²) in [5.74, 6) is -4.45. The Bertz CT molecular complexity index is 2100. The summed E-state index contributed by atoms with van der Waals surface area (Å²) in [6.45, 7) is 16.7. The summed E-state index contributed by atoms with van der Waals surface area (Å²) in [4.78, 5) is 49.3. The average molecular weight is 1010 g/mol. The number of allylic oxidation sites excluding steroid dienone is 1. The predicted molar refractivity (Wildman–Crippen MR) is 239 cm³/mol. The zero-order valence-corrected chi connectivity index (χ0v) is 41.5. The van der Waals surface area contributed by atoms with Crippen molar-refractivity contribution in [2.45, 2.75) is 210 Å². The van der Waals surface area contributed by atoms with E-state index in [-0.39, 0.29) is 60.7 Å². The Morgan fingerprint density at radius 1 is 0.789 bits per heavy atom. The standard InChI is InChI=1S/C50H72O21/c1-19-17-62-50(44(60)39(19)69-45-38(59)37(58)35(56)21(3)63-45)20(2)34-32(71-50)16-30-28-11-10-26-14-27(54)15-33(49(26,9)29(28)12-13-48(30,34)8)68-46-41(36(57)31(55)18-61-46)70-47-43(67-25(7)53)42(66-24(6)52)40(22(4)64-47)65-23(5)51/h10,20-22,27-34,36-47,54-55,57-60H,1,11-18H2,2-9H3/t20-,21+,22-,27+,28+,29-,30-,31-,32-,33+,34-,36-,37-,38+,39-,40-,41+,42+,43+,44-,45-,46-,47-,48-,49-,50-/m0/s1. The van der Waals surface area contributed by atoms with Gasteiger partial charge in [0, 0.05) is 38.5 Å².